The zero-order valence-electron chi connectivity index (χ0n) is 15.2. The summed E-state index contributed by atoms with van der Waals surface area (Å²) < 4.78 is 5.14. The second-order valence-corrected chi connectivity index (χ2v) is 6.31. The van der Waals surface area contributed by atoms with Crippen molar-refractivity contribution in [3.05, 3.63) is 65.2 Å². The number of rotatable bonds is 9. The fourth-order valence-electron chi connectivity index (χ4n) is 2.64. The minimum atomic E-state index is -1.02. The van der Waals surface area contributed by atoms with Gasteiger partial charge in [-0.25, -0.2) is 4.79 Å². The van der Waals surface area contributed by atoms with Crippen molar-refractivity contribution in [1.29, 1.82) is 0 Å². The van der Waals surface area contributed by atoms with Gasteiger partial charge >= 0.3 is 5.97 Å². The van der Waals surface area contributed by atoms with Gasteiger partial charge in [0.1, 0.15) is 5.75 Å². The standard InChI is InChI=1S/C21H25NO4/c1-3-16-7-9-18(10-8-16)15(2)11-20(23)22-13-17-5-4-6-19(12-17)26-14-21(24)25/h4-10,12,15H,3,11,13-14H2,1-2H3,(H,22,23)(H,24,25). The van der Waals surface area contributed by atoms with Crippen molar-refractivity contribution in [2.45, 2.75) is 39.2 Å². The first-order valence-corrected chi connectivity index (χ1v) is 8.77. The molecule has 0 radical (unpaired) electrons. The van der Waals surface area contributed by atoms with Crippen molar-refractivity contribution in [2.24, 2.45) is 0 Å². The van der Waals surface area contributed by atoms with Gasteiger partial charge < -0.3 is 15.2 Å². The molecule has 5 nitrogen and oxygen atoms in total. The molecule has 0 spiro atoms. The van der Waals surface area contributed by atoms with Gasteiger partial charge in [0.15, 0.2) is 6.61 Å². The minimum Gasteiger partial charge on any atom is -0.482 e. The lowest BCUT2D eigenvalue weighted by Gasteiger charge is -2.13. The molecule has 0 bridgehead atoms. The Morgan fingerprint density at radius 2 is 1.85 bits per heavy atom. The lowest BCUT2D eigenvalue weighted by molar-refractivity contribution is -0.139. The Kier molecular flexibility index (Phi) is 7.21. The molecule has 0 aliphatic carbocycles. The first-order chi connectivity index (χ1) is 12.5. The average molecular weight is 355 g/mol. The highest BCUT2D eigenvalue weighted by atomic mass is 16.5. The van der Waals surface area contributed by atoms with Gasteiger partial charge in [-0.3, -0.25) is 4.79 Å². The van der Waals surface area contributed by atoms with Crippen LogP contribution in [-0.2, 0) is 22.6 Å². The van der Waals surface area contributed by atoms with E-state index in [1.807, 2.05) is 13.0 Å². The van der Waals surface area contributed by atoms with E-state index in [0.29, 0.717) is 18.7 Å². The third kappa shape index (κ3) is 6.24. The number of aliphatic carboxylic acids is 1. The van der Waals surface area contributed by atoms with E-state index in [1.165, 1.54) is 5.56 Å². The number of ether oxygens (including phenoxy) is 1. The maximum absolute atomic E-state index is 12.2. The molecule has 2 aromatic carbocycles. The SMILES string of the molecule is CCc1ccc(C(C)CC(=O)NCc2cccc(OCC(=O)O)c2)cc1. The average Bonchev–Trinajstić information content (AvgIpc) is 2.65. The van der Waals surface area contributed by atoms with Gasteiger partial charge in [0.2, 0.25) is 5.91 Å². The number of carboxylic acids is 1. The van der Waals surface area contributed by atoms with Crippen LogP contribution in [0.2, 0.25) is 0 Å². The summed E-state index contributed by atoms with van der Waals surface area (Å²) in [7, 11) is 0. The van der Waals surface area contributed by atoms with Gasteiger partial charge in [0, 0.05) is 13.0 Å². The van der Waals surface area contributed by atoms with Gasteiger partial charge in [-0.2, -0.15) is 0 Å². The molecular weight excluding hydrogens is 330 g/mol. The number of aryl methyl sites for hydroxylation is 1. The molecule has 0 aliphatic heterocycles. The van der Waals surface area contributed by atoms with Crippen LogP contribution in [0.1, 0.15) is 42.9 Å². The Labute approximate surface area is 154 Å². The summed E-state index contributed by atoms with van der Waals surface area (Å²) in [6.45, 7) is 4.16. The van der Waals surface area contributed by atoms with E-state index in [2.05, 4.69) is 36.5 Å². The third-order valence-electron chi connectivity index (χ3n) is 4.20. The highest BCUT2D eigenvalue weighted by Crippen LogP contribution is 2.20. The lowest BCUT2D eigenvalue weighted by Crippen LogP contribution is -2.24. The molecule has 0 fully saturated rings. The first-order valence-electron chi connectivity index (χ1n) is 8.77. The third-order valence-corrected chi connectivity index (χ3v) is 4.20. The summed E-state index contributed by atoms with van der Waals surface area (Å²) in [5.74, 6) is -0.423. The monoisotopic (exact) mass is 355 g/mol. The Balaban J connectivity index is 1.84. The topological polar surface area (TPSA) is 75.6 Å². The molecule has 138 valence electrons. The molecule has 1 amide bonds. The van der Waals surface area contributed by atoms with E-state index >= 15 is 0 Å². The Morgan fingerprint density at radius 3 is 2.50 bits per heavy atom. The van der Waals surface area contributed by atoms with Crippen molar-refractivity contribution in [2.75, 3.05) is 6.61 Å². The van der Waals surface area contributed by atoms with Gasteiger partial charge in [0.05, 0.1) is 0 Å². The fourth-order valence-corrected chi connectivity index (χ4v) is 2.64. The molecule has 26 heavy (non-hydrogen) atoms. The molecule has 5 heteroatoms. The van der Waals surface area contributed by atoms with Crippen LogP contribution in [0.25, 0.3) is 0 Å². The predicted octanol–water partition coefficient (Wildman–Crippen LogP) is 3.52. The summed E-state index contributed by atoms with van der Waals surface area (Å²) in [4.78, 5) is 22.7. The number of carbonyl (C=O) groups excluding carboxylic acids is 1. The predicted molar refractivity (Wildman–Crippen MR) is 100 cm³/mol. The molecule has 0 aliphatic rings. The molecule has 2 aromatic rings. The molecular formula is C21H25NO4. The minimum absolute atomic E-state index is 0.0195. The van der Waals surface area contributed by atoms with E-state index in [0.717, 1.165) is 17.5 Å². The van der Waals surface area contributed by atoms with Crippen LogP contribution >= 0.6 is 0 Å². The van der Waals surface area contributed by atoms with Crippen molar-refractivity contribution in [3.63, 3.8) is 0 Å². The molecule has 0 aromatic heterocycles. The molecule has 0 saturated carbocycles. The summed E-state index contributed by atoms with van der Waals surface area (Å²) in [6.07, 6.45) is 1.42. The molecule has 1 unspecified atom stereocenters. The summed E-state index contributed by atoms with van der Waals surface area (Å²) >= 11 is 0. The summed E-state index contributed by atoms with van der Waals surface area (Å²) in [5.41, 5.74) is 3.30. The molecule has 0 heterocycles. The van der Waals surface area contributed by atoms with Crippen LogP contribution in [0, 0.1) is 0 Å². The van der Waals surface area contributed by atoms with Crippen molar-refractivity contribution < 1.29 is 19.4 Å². The zero-order chi connectivity index (χ0) is 18.9. The van der Waals surface area contributed by atoms with Gasteiger partial charge in [0.25, 0.3) is 0 Å². The molecule has 2 N–H and O–H groups in total. The Morgan fingerprint density at radius 1 is 1.12 bits per heavy atom. The number of nitrogens with one attached hydrogen (secondary N) is 1. The number of hydrogen-bond acceptors (Lipinski definition) is 3. The Bertz CT molecular complexity index is 740. The normalized spacial score (nSPS) is 11.6. The van der Waals surface area contributed by atoms with Crippen molar-refractivity contribution in [3.8, 4) is 5.75 Å². The quantitative estimate of drug-likeness (QED) is 0.722. The zero-order valence-corrected chi connectivity index (χ0v) is 15.2. The van der Waals surface area contributed by atoms with Crippen LogP contribution < -0.4 is 10.1 Å². The molecule has 2 rings (SSSR count). The number of benzene rings is 2. The van der Waals surface area contributed by atoms with Crippen LogP contribution in [-0.4, -0.2) is 23.6 Å². The number of carbonyl (C=O) groups is 2. The van der Waals surface area contributed by atoms with Gasteiger partial charge in [-0.05, 0) is 41.2 Å². The summed E-state index contributed by atoms with van der Waals surface area (Å²) in [5, 5.41) is 11.5. The highest BCUT2D eigenvalue weighted by Gasteiger charge is 2.11. The second-order valence-electron chi connectivity index (χ2n) is 6.31. The van der Waals surface area contributed by atoms with E-state index < -0.39 is 5.97 Å². The number of hydrogen-bond donors (Lipinski definition) is 2. The van der Waals surface area contributed by atoms with Gasteiger partial charge in [-0.15, -0.1) is 0 Å². The second kappa shape index (κ2) is 9.61. The maximum Gasteiger partial charge on any atom is 0.341 e. The number of amides is 1. The lowest BCUT2D eigenvalue weighted by atomic mass is 9.96. The molecule has 1 atom stereocenters. The van der Waals surface area contributed by atoms with Crippen LogP contribution in [0.3, 0.4) is 0 Å². The van der Waals surface area contributed by atoms with Crippen LogP contribution in [0.5, 0.6) is 5.75 Å². The summed E-state index contributed by atoms with van der Waals surface area (Å²) in [6, 6.07) is 15.4. The first kappa shape index (κ1) is 19.5. The Hall–Kier alpha value is -2.82. The maximum atomic E-state index is 12.2. The largest absolute Gasteiger partial charge is 0.482 e. The smallest absolute Gasteiger partial charge is 0.341 e. The fraction of sp³-hybridized carbons (Fsp3) is 0.333. The van der Waals surface area contributed by atoms with E-state index in [4.69, 9.17) is 9.84 Å². The number of carboxylic acid groups (broad SMARTS) is 1. The van der Waals surface area contributed by atoms with Crippen LogP contribution in [0.15, 0.2) is 48.5 Å². The van der Waals surface area contributed by atoms with Gasteiger partial charge in [-0.1, -0.05) is 50.2 Å². The van der Waals surface area contributed by atoms with Crippen molar-refractivity contribution >= 4 is 11.9 Å². The van der Waals surface area contributed by atoms with E-state index in [1.54, 1.807) is 18.2 Å². The van der Waals surface area contributed by atoms with Crippen molar-refractivity contribution in [1.82, 2.24) is 5.32 Å². The van der Waals surface area contributed by atoms with Crippen LogP contribution in [0.4, 0.5) is 0 Å². The molecule has 0 saturated heterocycles. The van der Waals surface area contributed by atoms with E-state index in [9.17, 15) is 9.59 Å². The highest BCUT2D eigenvalue weighted by molar-refractivity contribution is 5.76. The van der Waals surface area contributed by atoms with E-state index in [-0.39, 0.29) is 18.4 Å².